The van der Waals surface area contributed by atoms with Crippen LogP contribution in [-0.4, -0.2) is 40.6 Å². The lowest BCUT2D eigenvalue weighted by Crippen LogP contribution is -2.35. The number of ketones is 1. The smallest absolute Gasteiger partial charge is 0.406 e. The Hall–Kier alpha value is -1.64. The number of alkyl halides is 3. The highest BCUT2D eigenvalue weighted by Gasteiger charge is 2.40. The fourth-order valence-corrected chi connectivity index (χ4v) is 2.77. The number of hydrogen-bond donors (Lipinski definition) is 1. The first-order valence-corrected chi connectivity index (χ1v) is 6.59. The van der Waals surface area contributed by atoms with E-state index in [0.717, 1.165) is 11.8 Å². The van der Waals surface area contributed by atoms with E-state index in [-0.39, 0.29) is 16.1 Å². The maximum atomic E-state index is 12.6. The van der Waals surface area contributed by atoms with Gasteiger partial charge in [0.15, 0.2) is 16.6 Å². The summed E-state index contributed by atoms with van der Waals surface area (Å²) in [6.45, 7) is -0.0312. The Morgan fingerprint density at radius 1 is 1.45 bits per heavy atom. The Balaban J connectivity index is 2.36. The van der Waals surface area contributed by atoms with E-state index in [4.69, 9.17) is 5.11 Å². The number of carboxylic acid groups (broad SMARTS) is 1. The molecule has 1 heterocycles. The van der Waals surface area contributed by atoms with Gasteiger partial charge in [0.05, 0.1) is 0 Å². The number of Topliss-reactive ketones (excluding diaryl/α,β-unsaturated/α-hetero) is 1. The zero-order valence-corrected chi connectivity index (χ0v) is 11.2. The van der Waals surface area contributed by atoms with E-state index in [1.54, 1.807) is 0 Å². The van der Waals surface area contributed by atoms with Gasteiger partial charge in [-0.05, 0) is 12.8 Å². The summed E-state index contributed by atoms with van der Waals surface area (Å²) in [6, 6.07) is -0.288. The lowest BCUT2D eigenvalue weighted by Gasteiger charge is -2.22. The molecule has 1 aliphatic carbocycles. The number of aromatic nitrogens is 1. The van der Waals surface area contributed by atoms with Gasteiger partial charge in [-0.3, -0.25) is 4.79 Å². The second-order valence-electron chi connectivity index (χ2n) is 4.51. The standard InChI is InChI=1S/C11H11F3N2O3S/c1-5(17)8-7(9(18)19)15-10(20-8)16(6-2-3-6)4-11(12,13)14/h6H,2-4H2,1H3,(H,18,19). The Bertz CT molecular complexity index is 520. The van der Waals surface area contributed by atoms with Gasteiger partial charge in [0.25, 0.3) is 0 Å². The minimum absolute atomic E-state index is 0.0626. The molecule has 0 unspecified atom stereocenters. The van der Waals surface area contributed by atoms with E-state index < -0.39 is 30.2 Å². The summed E-state index contributed by atoms with van der Waals surface area (Å²) in [5.74, 6) is -1.94. The number of thiazole rings is 1. The molecule has 0 saturated heterocycles. The van der Waals surface area contributed by atoms with Crippen molar-refractivity contribution in [3.63, 3.8) is 0 Å². The second kappa shape index (κ2) is 5.04. The molecule has 9 heteroatoms. The lowest BCUT2D eigenvalue weighted by atomic mass is 10.3. The van der Waals surface area contributed by atoms with Crippen LogP contribution in [0.1, 0.15) is 39.9 Å². The number of carboxylic acids is 1. The molecule has 0 bridgehead atoms. The SMILES string of the molecule is CC(=O)c1sc(N(CC(F)(F)F)C2CC2)nc1C(=O)O. The summed E-state index contributed by atoms with van der Waals surface area (Å²) < 4.78 is 37.7. The highest BCUT2D eigenvalue weighted by Crippen LogP contribution is 2.37. The number of nitrogens with zero attached hydrogens (tertiary/aromatic N) is 2. The summed E-state index contributed by atoms with van der Waals surface area (Å²) in [6.07, 6.45) is -3.20. The summed E-state index contributed by atoms with van der Waals surface area (Å²) in [4.78, 5) is 26.9. The quantitative estimate of drug-likeness (QED) is 0.847. The van der Waals surface area contributed by atoms with E-state index in [1.807, 2.05) is 0 Å². The minimum Gasteiger partial charge on any atom is -0.476 e. The third-order valence-corrected chi connectivity index (χ3v) is 3.91. The average Bonchev–Trinajstić information content (AvgIpc) is 3.02. The molecule has 20 heavy (non-hydrogen) atoms. The van der Waals surface area contributed by atoms with Crippen molar-refractivity contribution in [2.24, 2.45) is 0 Å². The molecule has 1 saturated carbocycles. The zero-order chi connectivity index (χ0) is 15.1. The van der Waals surface area contributed by atoms with Crippen molar-refractivity contribution >= 4 is 28.2 Å². The highest BCUT2D eigenvalue weighted by molar-refractivity contribution is 7.17. The number of halogens is 3. The lowest BCUT2D eigenvalue weighted by molar-refractivity contribution is -0.120. The molecule has 0 amide bonds. The van der Waals surface area contributed by atoms with E-state index in [0.29, 0.717) is 24.2 Å². The molecule has 110 valence electrons. The van der Waals surface area contributed by atoms with Gasteiger partial charge >= 0.3 is 12.1 Å². The number of aromatic carboxylic acids is 1. The van der Waals surface area contributed by atoms with Crippen LogP contribution in [0.15, 0.2) is 0 Å². The van der Waals surface area contributed by atoms with Crippen LogP contribution in [-0.2, 0) is 0 Å². The van der Waals surface area contributed by atoms with Gasteiger partial charge in [0, 0.05) is 13.0 Å². The molecule has 0 aliphatic heterocycles. The topological polar surface area (TPSA) is 70.5 Å². The van der Waals surface area contributed by atoms with Crippen LogP contribution in [0.2, 0.25) is 0 Å². The normalized spacial score (nSPS) is 15.2. The first kappa shape index (κ1) is 14.8. The third kappa shape index (κ3) is 3.27. The van der Waals surface area contributed by atoms with Crippen molar-refractivity contribution in [2.45, 2.75) is 32.0 Å². The first-order chi connectivity index (χ1) is 9.19. The molecule has 0 spiro atoms. The van der Waals surface area contributed by atoms with Crippen LogP contribution in [0.25, 0.3) is 0 Å². The Labute approximate surface area is 116 Å². The molecule has 0 radical (unpaired) electrons. The van der Waals surface area contributed by atoms with Crippen molar-refractivity contribution in [3.8, 4) is 0 Å². The molecule has 1 fully saturated rings. The predicted octanol–water partition coefficient (Wildman–Crippen LogP) is 2.58. The van der Waals surface area contributed by atoms with E-state index in [1.165, 1.54) is 0 Å². The van der Waals surface area contributed by atoms with Crippen LogP contribution >= 0.6 is 11.3 Å². The summed E-state index contributed by atoms with van der Waals surface area (Å²) in [7, 11) is 0. The largest absolute Gasteiger partial charge is 0.476 e. The van der Waals surface area contributed by atoms with Crippen molar-refractivity contribution in [1.29, 1.82) is 0 Å². The fourth-order valence-electron chi connectivity index (χ4n) is 1.75. The van der Waals surface area contributed by atoms with Crippen molar-refractivity contribution < 1.29 is 27.9 Å². The Kier molecular flexibility index (Phi) is 3.72. The minimum atomic E-state index is -4.41. The summed E-state index contributed by atoms with van der Waals surface area (Å²) in [5.41, 5.74) is -0.481. The highest BCUT2D eigenvalue weighted by atomic mass is 32.1. The predicted molar refractivity (Wildman–Crippen MR) is 65.5 cm³/mol. The molecule has 5 nitrogen and oxygen atoms in total. The van der Waals surface area contributed by atoms with Gasteiger partial charge in [-0.25, -0.2) is 9.78 Å². The number of anilines is 1. The van der Waals surface area contributed by atoms with Crippen LogP contribution in [0, 0.1) is 0 Å². The van der Waals surface area contributed by atoms with E-state index in [9.17, 15) is 22.8 Å². The molecule has 2 rings (SSSR count). The maximum Gasteiger partial charge on any atom is 0.406 e. The van der Waals surface area contributed by atoms with Gasteiger partial charge in [-0.15, -0.1) is 0 Å². The van der Waals surface area contributed by atoms with Crippen molar-refractivity contribution in [3.05, 3.63) is 10.6 Å². The van der Waals surface area contributed by atoms with E-state index >= 15 is 0 Å². The number of carbonyl (C=O) groups is 2. The van der Waals surface area contributed by atoms with Gasteiger partial charge in [-0.2, -0.15) is 13.2 Å². The van der Waals surface area contributed by atoms with Crippen molar-refractivity contribution in [1.82, 2.24) is 4.98 Å². The first-order valence-electron chi connectivity index (χ1n) is 5.77. The number of hydrogen-bond acceptors (Lipinski definition) is 5. The molecule has 1 aromatic rings. The van der Waals surface area contributed by atoms with Crippen LogP contribution in [0.5, 0.6) is 0 Å². The molecule has 0 atom stereocenters. The van der Waals surface area contributed by atoms with Crippen LogP contribution < -0.4 is 4.90 Å². The second-order valence-corrected chi connectivity index (χ2v) is 5.49. The number of carbonyl (C=O) groups excluding carboxylic acids is 1. The molecular weight excluding hydrogens is 297 g/mol. The molecule has 0 aromatic carbocycles. The van der Waals surface area contributed by atoms with Gasteiger partial charge in [-0.1, -0.05) is 11.3 Å². The Morgan fingerprint density at radius 2 is 2.05 bits per heavy atom. The van der Waals surface area contributed by atoms with E-state index in [2.05, 4.69) is 4.98 Å². The molecule has 1 aromatic heterocycles. The average molecular weight is 308 g/mol. The summed E-state index contributed by atoms with van der Waals surface area (Å²) in [5, 5.41) is 8.89. The molecule has 1 N–H and O–H groups in total. The third-order valence-electron chi connectivity index (χ3n) is 2.72. The monoisotopic (exact) mass is 308 g/mol. The fraction of sp³-hybridized carbons (Fsp3) is 0.545. The molecular formula is C11H11F3N2O3S. The molecule has 1 aliphatic rings. The van der Waals surface area contributed by atoms with Crippen LogP contribution in [0.3, 0.4) is 0 Å². The Morgan fingerprint density at radius 3 is 2.40 bits per heavy atom. The van der Waals surface area contributed by atoms with Crippen LogP contribution in [0.4, 0.5) is 18.3 Å². The van der Waals surface area contributed by atoms with Crippen molar-refractivity contribution in [2.75, 3.05) is 11.4 Å². The zero-order valence-electron chi connectivity index (χ0n) is 10.4. The van der Waals surface area contributed by atoms with Gasteiger partial charge < -0.3 is 10.0 Å². The number of rotatable bonds is 5. The van der Waals surface area contributed by atoms with Gasteiger partial charge in [0.1, 0.15) is 11.4 Å². The van der Waals surface area contributed by atoms with Gasteiger partial charge in [0.2, 0.25) is 0 Å². The maximum absolute atomic E-state index is 12.6. The summed E-state index contributed by atoms with van der Waals surface area (Å²) >= 11 is 0.697.